The molecule has 0 bridgehead atoms. The van der Waals surface area contributed by atoms with Crippen molar-refractivity contribution in [3.05, 3.63) is 41.3 Å². The Hall–Kier alpha value is -2.41. The molecule has 1 aliphatic heterocycles. The van der Waals surface area contributed by atoms with Gasteiger partial charge in [-0.3, -0.25) is 9.48 Å². The standard InChI is InChI=1S/C19H27N5O2/c1-3-6-15-11-17(23(2)22-15)19(26)21-12-14-7-4-9-20-18(14)24-10-5-8-16(25)13-24/h4,7,9,11,16,25H,3,5-6,8,10,12-13H2,1-2H3,(H,21,26)/t16-/m0/s1. The van der Waals surface area contributed by atoms with Crippen LogP contribution in [0.5, 0.6) is 0 Å². The average molecular weight is 357 g/mol. The van der Waals surface area contributed by atoms with Gasteiger partial charge in [0.25, 0.3) is 5.91 Å². The molecule has 1 aliphatic rings. The molecular weight excluding hydrogens is 330 g/mol. The highest BCUT2D eigenvalue weighted by Gasteiger charge is 2.21. The van der Waals surface area contributed by atoms with Crippen LogP contribution in [0.4, 0.5) is 5.82 Å². The lowest BCUT2D eigenvalue weighted by Gasteiger charge is -2.32. The summed E-state index contributed by atoms with van der Waals surface area (Å²) in [6.45, 7) is 3.94. The summed E-state index contributed by atoms with van der Waals surface area (Å²) < 4.78 is 1.63. The van der Waals surface area contributed by atoms with Gasteiger partial charge in [0.1, 0.15) is 11.5 Å². The number of anilines is 1. The summed E-state index contributed by atoms with van der Waals surface area (Å²) in [5, 5.41) is 17.3. The predicted octanol–water partition coefficient (Wildman–Crippen LogP) is 1.66. The maximum Gasteiger partial charge on any atom is 0.269 e. The molecule has 7 heteroatoms. The van der Waals surface area contributed by atoms with E-state index in [-0.39, 0.29) is 12.0 Å². The molecule has 3 heterocycles. The summed E-state index contributed by atoms with van der Waals surface area (Å²) in [4.78, 5) is 19.1. The number of amides is 1. The second-order valence-electron chi connectivity index (χ2n) is 6.81. The van der Waals surface area contributed by atoms with Crippen LogP contribution in [0.2, 0.25) is 0 Å². The number of aryl methyl sites for hydroxylation is 2. The molecule has 1 amide bonds. The molecule has 0 spiro atoms. The molecule has 1 atom stereocenters. The Morgan fingerprint density at radius 2 is 2.31 bits per heavy atom. The van der Waals surface area contributed by atoms with Crippen molar-refractivity contribution in [3.63, 3.8) is 0 Å². The number of nitrogens with one attached hydrogen (secondary N) is 1. The average Bonchev–Trinajstić information content (AvgIpc) is 3.01. The smallest absolute Gasteiger partial charge is 0.269 e. The predicted molar refractivity (Wildman–Crippen MR) is 100 cm³/mol. The van der Waals surface area contributed by atoms with Gasteiger partial charge in [0.05, 0.1) is 11.8 Å². The largest absolute Gasteiger partial charge is 0.391 e. The van der Waals surface area contributed by atoms with Crippen LogP contribution >= 0.6 is 0 Å². The summed E-state index contributed by atoms with van der Waals surface area (Å²) in [7, 11) is 1.79. The Bertz CT molecular complexity index is 758. The number of rotatable bonds is 6. The van der Waals surface area contributed by atoms with Crippen molar-refractivity contribution in [3.8, 4) is 0 Å². The number of nitrogens with zero attached hydrogens (tertiary/aromatic N) is 4. The quantitative estimate of drug-likeness (QED) is 0.821. The van der Waals surface area contributed by atoms with Crippen LogP contribution in [0.15, 0.2) is 24.4 Å². The number of aliphatic hydroxyl groups excluding tert-OH is 1. The number of carbonyl (C=O) groups excluding carboxylic acids is 1. The monoisotopic (exact) mass is 357 g/mol. The van der Waals surface area contributed by atoms with Crippen molar-refractivity contribution in [2.75, 3.05) is 18.0 Å². The summed E-state index contributed by atoms with van der Waals surface area (Å²) >= 11 is 0. The minimum absolute atomic E-state index is 0.143. The molecule has 1 fully saturated rings. The van der Waals surface area contributed by atoms with Crippen molar-refractivity contribution in [1.29, 1.82) is 0 Å². The van der Waals surface area contributed by atoms with Gasteiger partial charge >= 0.3 is 0 Å². The van der Waals surface area contributed by atoms with Gasteiger partial charge in [-0.15, -0.1) is 0 Å². The Kier molecular flexibility index (Phi) is 5.88. The number of piperidine rings is 1. The fraction of sp³-hybridized carbons (Fsp3) is 0.526. The van der Waals surface area contributed by atoms with Gasteiger partial charge in [-0.25, -0.2) is 4.98 Å². The zero-order chi connectivity index (χ0) is 18.5. The van der Waals surface area contributed by atoms with E-state index in [0.29, 0.717) is 18.8 Å². The summed E-state index contributed by atoms with van der Waals surface area (Å²) in [6, 6.07) is 5.69. The van der Waals surface area contributed by atoms with Crippen molar-refractivity contribution in [2.24, 2.45) is 7.05 Å². The second kappa shape index (κ2) is 8.31. The van der Waals surface area contributed by atoms with Crippen LogP contribution in [-0.2, 0) is 20.0 Å². The number of aromatic nitrogens is 3. The fourth-order valence-electron chi connectivity index (χ4n) is 3.38. The first-order chi connectivity index (χ1) is 12.6. The van der Waals surface area contributed by atoms with E-state index in [2.05, 4.69) is 27.2 Å². The van der Waals surface area contributed by atoms with Crippen molar-refractivity contribution < 1.29 is 9.90 Å². The lowest BCUT2D eigenvalue weighted by Crippen LogP contribution is -2.39. The van der Waals surface area contributed by atoms with Crippen molar-refractivity contribution in [1.82, 2.24) is 20.1 Å². The van der Waals surface area contributed by atoms with E-state index in [1.54, 1.807) is 17.9 Å². The summed E-state index contributed by atoms with van der Waals surface area (Å²) in [5.41, 5.74) is 2.45. The maximum atomic E-state index is 12.6. The van der Waals surface area contributed by atoms with Crippen molar-refractivity contribution >= 4 is 11.7 Å². The zero-order valence-corrected chi connectivity index (χ0v) is 15.5. The Morgan fingerprint density at radius 1 is 1.46 bits per heavy atom. The Labute approximate surface area is 154 Å². The molecule has 1 saturated heterocycles. The molecule has 0 saturated carbocycles. The number of carbonyl (C=O) groups is 1. The van der Waals surface area contributed by atoms with Gasteiger partial charge in [0.2, 0.25) is 0 Å². The molecule has 2 N–H and O–H groups in total. The molecule has 26 heavy (non-hydrogen) atoms. The molecule has 2 aromatic heterocycles. The highest BCUT2D eigenvalue weighted by molar-refractivity contribution is 5.92. The normalized spacial score (nSPS) is 17.3. The van der Waals surface area contributed by atoms with Crippen LogP contribution in [0.3, 0.4) is 0 Å². The fourth-order valence-corrected chi connectivity index (χ4v) is 3.38. The van der Waals surface area contributed by atoms with Gasteiger partial charge in [0.15, 0.2) is 0 Å². The third-order valence-corrected chi connectivity index (χ3v) is 4.67. The number of hydrogen-bond donors (Lipinski definition) is 2. The first-order valence-corrected chi connectivity index (χ1v) is 9.26. The zero-order valence-electron chi connectivity index (χ0n) is 15.5. The topological polar surface area (TPSA) is 83.3 Å². The van der Waals surface area contributed by atoms with E-state index in [4.69, 9.17) is 0 Å². The SMILES string of the molecule is CCCc1cc(C(=O)NCc2cccnc2N2CCC[C@H](O)C2)n(C)n1. The van der Waals surface area contributed by atoms with Gasteiger partial charge in [-0.1, -0.05) is 19.4 Å². The highest BCUT2D eigenvalue weighted by atomic mass is 16.3. The molecule has 0 aromatic carbocycles. The Balaban J connectivity index is 1.69. The van der Waals surface area contributed by atoms with Gasteiger partial charge in [-0.05, 0) is 31.4 Å². The van der Waals surface area contributed by atoms with Crippen LogP contribution in [-0.4, -0.2) is 45.0 Å². The highest BCUT2D eigenvalue weighted by Crippen LogP contribution is 2.22. The molecular formula is C19H27N5O2. The van der Waals surface area contributed by atoms with Crippen molar-refractivity contribution in [2.45, 2.75) is 45.3 Å². The number of β-amino-alcohol motifs (C(OH)–C–C–N with tert-alkyl or cyclic N) is 1. The number of hydrogen-bond acceptors (Lipinski definition) is 5. The molecule has 140 valence electrons. The van der Waals surface area contributed by atoms with E-state index in [9.17, 15) is 9.90 Å². The van der Waals surface area contributed by atoms with Crippen LogP contribution in [0, 0.1) is 0 Å². The number of pyridine rings is 1. The van der Waals surface area contributed by atoms with E-state index >= 15 is 0 Å². The van der Waals surface area contributed by atoms with Crippen LogP contribution < -0.4 is 10.2 Å². The van der Waals surface area contributed by atoms with Crippen LogP contribution in [0.1, 0.15) is 47.9 Å². The second-order valence-corrected chi connectivity index (χ2v) is 6.81. The van der Waals surface area contributed by atoms with Gasteiger partial charge in [-0.2, -0.15) is 5.10 Å². The minimum Gasteiger partial charge on any atom is -0.391 e. The Morgan fingerprint density at radius 3 is 3.08 bits per heavy atom. The lowest BCUT2D eigenvalue weighted by molar-refractivity contribution is 0.0941. The minimum atomic E-state index is -0.320. The molecule has 7 nitrogen and oxygen atoms in total. The first kappa shape index (κ1) is 18.4. The molecule has 0 radical (unpaired) electrons. The molecule has 3 rings (SSSR count). The maximum absolute atomic E-state index is 12.6. The molecule has 0 aliphatic carbocycles. The van der Waals surface area contributed by atoms with E-state index in [1.807, 2.05) is 18.2 Å². The summed E-state index contributed by atoms with van der Waals surface area (Å²) in [6.07, 6.45) is 5.07. The lowest BCUT2D eigenvalue weighted by atomic mass is 10.1. The third-order valence-electron chi connectivity index (χ3n) is 4.67. The molecule has 0 unspecified atom stereocenters. The molecule has 2 aromatic rings. The van der Waals surface area contributed by atoms with Gasteiger partial charge < -0.3 is 15.3 Å². The first-order valence-electron chi connectivity index (χ1n) is 9.26. The number of aliphatic hydroxyl groups is 1. The van der Waals surface area contributed by atoms with Gasteiger partial charge in [0, 0.05) is 38.4 Å². The van der Waals surface area contributed by atoms with E-state index < -0.39 is 0 Å². The summed E-state index contributed by atoms with van der Waals surface area (Å²) in [5.74, 6) is 0.694. The third kappa shape index (κ3) is 4.22. The van der Waals surface area contributed by atoms with E-state index in [1.165, 1.54) is 0 Å². The van der Waals surface area contributed by atoms with Crippen LogP contribution in [0.25, 0.3) is 0 Å². The van der Waals surface area contributed by atoms with E-state index in [0.717, 1.165) is 49.3 Å².